The van der Waals surface area contributed by atoms with Crippen LogP contribution in [-0.4, -0.2) is 16.1 Å². The molecule has 1 aromatic carbocycles. The summed E-state index contributed by atoms with van der Waals surface area (Å²) in [7, 11) is 0. The molecule has 0 bridgehead atoms. The van der Waals surface area contributed by atoms with Crippen LogP contribution in [0.1, 0.15) is 15.9 Å². The van der Waals surface area contributed by atoms with Crippen molar-refractivity contribution in [2.24, 2.45) is 0 Å². The molecule has 18 heavy (non-hydrogen) atoms. The molecule has 92 valence electrons. The predicted octanol–water partition coefficient (Wildman–Crippen LogP) is 3.89. The van der Waals surface area contributed by atoms with E-state index in [4.69, 9.17) is 11.6 Å². The van der Waals surface area contributed by atoms with Gasteiger partial charge in [0, 0.05) is 11.1 Å². The van der Waals surface area contributed by atoms with Gasteiger partial charge in [-0.25, -0.2) is 9.78 Å². The maximum absolute atomic E-state index is 11.2. The van der Waals surface area contributed by atoms with Crippen molar-refractivity contribution in [1.82, 2.24) is 4.98 Å². The maximum atomic E-state index is 11.2. The Morgan fingerprint density at radius 1 is 1.33 bits per heavy atom. The molecule has 2 rings (SSSR count). The van der Waals surface area contributed by atoms with E-state index in [0.717, 1.165) is 5.56 Å². The number of pyridine rings is 1. The van der Waals surface area contributed by atoms with Gasteiger partial charge >= 0.3 is 5.97 Å². The molecule has 1 N–H and O–H groups in total. The zero-order valence-electron chi connectivity index (χ0n) is 9.55. The highest BCUT2D eigenvalue weighted by molar-refractivity contribution is 7.99. The lowest BCUT2D eigenvalue weighted by Gasteiger charge is -2.09. The summed E-state index contributed by atoms with van der Waals surface area (Å²) in [6.45, 7) is 1.87. The van der Waals surface area contributed by atoms with Crippen LogP contribution in [0.25, 0.3) is 0 Å². The van der Waals surface area contributed by atoms with Gasteiger partial charge in [0.15, 0.2) is 0 Å². The van der Waals surface area contributed by atoms with E-state index in [1.165, 1.54) is 11.8 Å². The molecule has 0 radical (unpaired) electrons. The highest BCUT2D eigenvalue weighted by atomic mass is 35.5. The van der Waals surface area contributed by atoms with Gasteiger partial charge in [-0.1, -0.05) is 35.5 Å². The average Bonchev–Trinajstić information content (AvgIpc) is 2.34. The van der Waals surface area contributed by atoms with Gasteiger partial charge in [-0.15, -0.1) is 0 Å². The number of carboxylic acids is 1. The third kappa shape index (κ3) is 2.66. The third-order valence-electron chi connectivity index (χ3n) is 2.37. The predicted molar refractivity (Wildman–Crippen MR) is 71.5 cm³/mol. The number of aryl methyl sites for hydroxylation is 1. The highest BCUT2D eigenvalue weighted by Gasteiger charge is 2.14. The van der Waals surface area contributed by atoms with Gasteiger partial charge in [0.2, 0.25) is 0 Å². The first-order valence-corrected chi connectivity index (χ1v) is 6.40. The molecule has 0 spiro atoms. The molecule has 0 fully saturated rings. The summed E-state index contributed by atoms with van der Waals surface area (Å²) < 4.78 is 0. The van der Waals surface area contributed by atoms with Crippen molar-refractivity contribution in [2.75, 3.05) is 0 Å². The van der Waals surface area contributed by atoms with Crippen molar-refractivity contribution < 1.29 is 9.90 Å². The van der Waals surface area contributed by atoms with Crippen molar-refractivity contribution >= 4 is 29.3 Å². The fraction of sp³-hybridized carbons (Fsp3) is 0.0769. The van der Waals surface area contributed by atoms with Crippen LogP contribution in [0.5, 0.6) is 0 Å². The molecule has 3 nitrogen and oxygen atoms in total. The van der Waals surface area contributed by atoms with Crippen molar-refractivity contribution in [3.8, 4) is 0 Å². The number of aromatic nitrogens is 1. The first-order valence-electron chi connectivity index (χ1n) is 5.21. The van der Waals surface area contributed by atoms with Crippen LogP contribution in [0.15, 0.2) is 46.5 Å². The first kappa shape index (κ1) is 12.9. The molecule has 0 aliphatic heterocycles. The minimum absolute atomic E-state index is 0.265. The SMILES string of the molecule is Cc1cccc(C(=O)O)c1Sc1ncccc1Cl. The number of aromatic carboxylic acids is 1. The summed E-state index contributed by atoms with van der Waals surface area (Å²) in [5, 5.41) is 10.3. The number of halogens is 1. The smallest absolute Gasteiger partial charge is 0.336 e. The van der Waals surface area contributed by atoms with E-state index >= 15 is 0 Å². The van der Waals surface area contributed by atoms with E-state index in [1.54, 1.807) is 30.5 Å². The molecule has 0 saturated heterocycles. The molecule has 0 saturated carbocycles. The minimum Gasteiger partial charge on any atom is -0.478 e. The van der Waals surface area contributed by atoms with Crippen LogP contribution in [0.3, 0.4) is 0 Å². The molecule has 0 aliphatic rings. The molecule has 0 atom stereocenters. The summed E-state index contributed by atoms with van der Waals surface area (Å²) in [5.41, 5.74) is 1.16. The topological polar surface area (TPSA) is 50.2 Å². The minimum atomic E-state index is -0.951. The number of nitrogens with zero attached hydrogens (tertiary/aromatic N) is 1. The van der Waals surface area contributed by atoms with Crippen LogP contribution in [0, 0.1) is 6.92 Å². The van der Waals surface area contributed by atoms with Crippen LogP contribution in [-0.2, 0) is 0 Å². The molecular weight excluding hydrogens is 270 g/mol. The fourth-order valence-corrected chi connectivity index (χ4v) is 2.70. The first-order chi connectivity index (χ1) is 8.59. The standard InChI is InChI=1S/C13H10ClNO2S/c1-8-4-2-5-9(13(16)17)11(8)18-12-10(14)6-3-7-15-12/h2-7H,1H3,(H,16,17). The van der Waals surface area contributed by atoms with Crippen molar-refractivity contribution in [3.63, 3.8) is 0 Å². The van der Waals surface area contributed by atoms with Crippen molar-refractivity contribution in [3.05, 3.63) is 52.7 Å². The zero-order chi connectivity index (χ0) is 13.1. The number of benzene rings is 1. The maximum Gasteiger partial charge on any atom is 0.336 e. The van der Waals surface area contributed by atoms with Gasteiger partial charge in [-0.05, 0) is 30.7 Å². The lowest BCUT2D eigenvalue weighted by molar-refractivity contribution is 0.0693. The lowest BCUT2D eigenvalue weighted by Crippen LogP contribution is -2.00. The Morgan fingerprint density at radius 3 is 2.78 bits per heavy atom. The lowest BCUT2D eigenvalue weighted by atomic mass is 10.1. The van der Waals surface area contributed by atoms with Crippen LogP contribution in [0.4, 0.5) is 0 Å². The number of hydrogen-bond donors (Lipinski definition) is 1. The van der Waals surface area contributed by atoms with Crippen LogP contribution < -0.4 is 0 Å². The Hall–Kier alpha value is -1.52. The average molecular weight is 280 g/mol. The number of carboxylic acid groups (broad SMARTS) is 1. The van der Waals surface area contributed by atoms with Gasteiger partial charge in [-0.3, -0.25) is 0 Å². The second kappa shape index (κ2) is 5.42. The molecule has 5 heteroatoms. The summed E-state index contributed by atoms with van der Waals surface area (Å²) in [6.07, 6.45) is 1.63. The largest absolute Gasteiger partial charge is 0.478 e. The Labute approximate surface area is 114 Å². The molecular formula is C13H10ClNO2S. The monoisotopic (exact) mass is 279 g/mol. The number of rotatable bonds is 3. The zero-order valence-corrected chi connectivity index (χ0v) is 11.1. The van der Waals surface area contributed by atoms with Crippen molar-refractivity contribution in [2.45, 2.75) is 16.8 Å². The van der Waals surface area contributed by atoms with E-state index in [-0.39, 0.29) is 5.56 Å². The molecule has 2 aromatic rings. The summed E-state index contributed by atoms with van der Waals surface area (Å²) in [6, 6.07) is 8.64. The van der Waals surface area contributed by atoms with Crippen LogP contribution >= 0.6 is 23.4 Å². The second-order valence-electron chi connectivity index (χ2n) is 3.65. The van der Waals surface area contributed by atoms with Gasteiger partial charge in [-0.2, -0.15) is 0 Å². The Bertz CT molecular complexity index is 601. The number of carbonyl (C=O) groups is 1. The Morgan fingerprint density at radius 2 is 2.11 bits per heavy atom. The van der Waals surface area contributed by atoms with E-state index in [2.05, 4.69) is 4.98 Å². The highest BCUT2D eigenvalue weighted by Crippen LogP contribution is 2.35. The van der Waals surface area contributed by atoms with E-state index in [9.17, 15) is 9.90 Å². The van der Waals surface area contributed by atoms with Gasteiger partial charge < -0.3 is 5.11 Å². The Kier molecular flexibility index (Phi) is 3.89. The second-order valence-corrected chi connectivity index (χ2v) is 5.06. The summed E-state index contributed by atoms with van der Waals surface area (Å²) in [4.78, 5) is 16.0. The van der Waals surface area contributed by atoms with Gasteiger partial charge in [0.1, 0.15) is 5.03 Å². The summed E-state index contributed by atoms with van der Waals surface area (Å²) >= 11 is 7.30. The molecule has 0 unspecified atom stereocenters. The van der Waals surface area contributed by atoms with Gasteiger partial charge in [0.05, 0.1) is 10.6 Å². The Balaban J connectivity index is 2.46. The molecule has 0 aliphatic carbocycles. The van der Waals surface area contributed by atoms with Gasteiger partial charge in [0.25, 0.3) is 0 Å². The molecule has 1 aromatic heterocycles. The molecule has 0 amide bonds. The quantitative estimate of drug-likeness (QED) is 0.926. The van der Waals surface area contributed by atoms with Crippen molar-refractivity contribution in [1.29, 1.82) is 0 Å². The van der Waals surface area contributed by atoms with E-state index in [0.29, 0.717) is 14.9 Å². The normalized spacial score (nSPS) is 10.3. The van der Waals surface area contributed by atoms with E-state index in [1.807, 2.05) is 13.0 Å². The third-order valence-corrected chi connectivity index (χ3v) is 4.05. The van der Waals surface area contributed by atoms with E-state index < -0.39 is 5.97 Å². The number of hydrogen-bond acceptors (Lipinski definition) is 3. The summed E-state index contributed by atoms with van der Waals surface area (Å²) in [5.74, 6) is -0.951. The van der Waals surface area contributed by atoms with Crippen LogP contribution in [0.2, 0.25) is 5.02 Å². The fourth-order valence-electron chi connectivity index (χ4n) is 1.50. The molecule has 1 heterocycles.